The SMILES string of the molecule is COC(=O)c1ccc(C(=O)N(Cc2cccnc2)c2nc3ccc(SC)cc3s2)cc1. The van der Waals surface area contributed by atoms with Crippen molar-refractivity contribution in [1.82, 2.24) is 9.97 Å². The zero-order valence-electron chi connectivity index (χ0n) is 16.9. The Balaban J connectivity index is 1.72. The fourth-order valence-electron chi connectivity index (χ4n) is 3.06. The Kier molecular flexibility index (Phi) is 6.29. The molecule has 0 saturated carbocycles. The van der Waals surface area contributed by atoms with Crippen LogP contribution in [0.25, 0.3) is 10.2 Å². The molecule has 8 heteroatoms. The summed E-state index contributed by atoms with van der Waals surface area (Å²) in [5.74, 6) is -0.647. The first-order valence-corrected chi connectivity index (χ1v) is 11.5. The highest BCUT2D eigenvalue weighted by Gasteiger charge is 2.22. The number of methoxy groups -OCH3 is 1. The normalized spacial score (nSPS) is 10.8. The van der Waals surface area contributed by atoms with E-state index in [1.54, 1.807) is 53.3 Å². The maximum absolute atomic E-state index is 13.5. The number of fused-ring (bicyclic) bond motifs is 1. The van der Waals surface area contributed by atoms with Gasteiger partial charge < -0.3 is 4.74 Å². The van der Waals surface area contributed by atoms with Crippen molar-refractivity contribution in [3.63, 3.8) is 0 Å². The molecule has 2 aromatic carbocycles. The quantitative estimate of drug-likeness (QED) is 0.303. The van der Waals surface area contributed by atoms with Gasteiger partial charge >= 0.3 is 5.97 Å². The summed E-state index contributed by atoms with van der Waals surface area (Å²) in [6, 6.07) is 16.3. The molecule has 0 bridgehead atoms. The van der Waals surface area contributed by atoms with Gasteiger partial charge in [0.15, 0.2) is 5.13 Å². The summed E-state index contributed by atoms with van der Waals surface area (Å²) in [7, 11) is 1.33. The van der Waals surface area contributed by atoms with E-state index in [1.165, 1.54) is 18.4 Å². The van der Waals surface area contributed by atoms with Gasteiger partial charge in [-0.2, -0.15) is 0 Å². The van der Waals surface area contributed by atoms with Gasteiger partial charge in [0, 0.05) is 22.9 Å². The second-order valence-corrected chi connectivity index (χ2v) is 8.54. The van der Waals surface area contributed by atoms with Crippen molar-refractivity contribution in [2.24, 2.45) is 0 Å². The van der Waals surface area contributed by atoms with E-state index in [9.17, 15) is 9.59 Å². The summed E-state index contributed by atoms with van der Waals surface area (Å²) in [6.45, 7) is 0.334. The van der Waals surface area contributed by atoms with Crippen molar-refractivity contribution in [1.29, 1.82) is 0 Å². The molecule has 0 aliphatic heterocycles. The van der Waals surface area contributed by atoms with Crippen molar-refractivity contribution < 1.29 is 14.3 Å². The molecule has 0 saturated heterocycles. The van der Waals surface area contributed by atoms with Gasteiger partial charge in [-0.15, -0.1) is 11.8 Å². The summed E-state index contributed by atoms with van der Waals surface area (Å²) >= 11 is 3.14. The van der Waals surface area contributed by atoms with E-state index < -0.39 is 5.97 Å². The highest BCUT2D eigenvalue weighted by Crippen LogP contribution is 2.33. The molecule has 0 atom stereocenters. The van der Waals surface area contributed by atoms with E-state index in [-0.39, 0.29) is 5.91 Å². The fourth-order valence-corrected chi connectivity index (χ4v) is 4.58. The molecule has 0 radical (unpaired) electrons. The van der Waals surface area contributed by atoms with Crippen LogP contribution in [-0.4, -0.2) is 35.2 Å². The van der Waals surface area contributed by atoms with Crippen LogP contribution in [0.5, 0.6) is 0 Å². The van der Waals surface area contributed by atoms with Crippen molar-refractivity contribution in [3.8, 4) is 0 Å². The lowest BCUT2D eigenvalue weighted by Crippen LogP contribution is -2.30. The molecule has 0 aliphatic rings. The lowest BCUT2D eigenvalue weighted by atomic mass is 10.1. The highest BCUT2D eigenvalue weighted by molar-refractivity contribution is 7.98. The number of nitrogens with zero attached hydrogens (tertiary/aromatic N) is 3. The topological polar surface area (TPSA) is 72.4 Å². The average Bonchev–Trinajstić information content (AvgIpc) is 3.25. The van der Waals surface area contributed by atoms with Crippen LogP contribution in [-0.2, 0) is 11.3 Å². The molecule has 2 heterocycles. The Morgan fingerprint density at radius 2 is 1.87 bits per heavy atom. The number of pyridine rings is 1. The molecule has 4 aromatic rings. The minimum Gasteiger partial charge on any atom is -0.465 e. The van der Waals surface area contributed by atoms with Gasteiger partial charge in [-0.05, 0) is 60.4 Å². The molecule has 0 unspecified atom stereocenters. The molecule has 4 rings (SSSR count). The number of carbonyl (C=O) groups is 2. The number of amides is 1. The van der Waals surface area contributed by atoms with Crippen molar-refractivity contribution in [3.05, 3.63) is 83.7 Å². The predicted octanol–water partition coefficient (Wildman–Crippen LogP) is 5.05. The van der Waals surface area contributed by atoms with E-state index in [4.69, 9.17) is 9.72 Å². The van der Waals surface area contributed by atoms with Crippen molar-refractivity contribution in [2.45, 2.75) is 11.4 Å². The number of hydrogen-bond acceptors (Lipinski definition) is 7. The summed E-state index contributed by atoms with van der Waals surface area (Å²) in [5, 5.41) is 0.610. The first-order valence-electron chi connectivity index (χ1n) is 9.43. The summed E-state index contributed by atoms with van der Waals surface area (Å²) < 4.78 is 5.75. The lowest BCUT2D eigenvalue weighted by Gasteiger charge is -2.20. The van der Waals surface area contributed by atoms with Crippen LogP contribution in [0.2, 0.25) is 0 Å². The van der Waals surface area contributed by atoms with E-state index in [1.807, 2.05) is 30.5 Å². The van der Waals surface area contributed by atoms with Crippen LogP contribution in [0.15, 0.2) is 71.9 Å². The molecule has 0 spiro atoms. The number of rotatable bonds is 6. The van der Waals surface area contributed by atoms with Gasteiger partial charge in [0.05, 0.1) is 29.4 Å². The fraction of sp³-hybridized carbons (Fsp3) is 0.130. The van der Waals surface area contributed by atoms with Crippen LogP contribution >= 0.6 is 23.1 Å². The Labute approximate surface area is 187 Å². The monoisotopic (exact) mass is 449 g/mol. The van der Waals surface area contributed by atoms with Crippen LogP contribution in [0, 0.1) is 0 Å². The van der Waals surface area contributed by atoms with Crippen LogP contribution in [0.4, 0.5) is 5.13 Å². The first kappa shape index (κ1) is 21.0. The Morgan fingerprint density at radius 3 is 2.55 bits per heavy atom. The van der Waals surface area contributed by atoms with Gasteiger partial charge in [0.1, 0.15) is 0 Å². The number of anilines is 1. The molecular formula is C23H19N3O3S2. The molecule has 1 amide bonds. The first-order chi connectivity index (χ1) is 15.1. The minimum atomic E-state index is -0.443. The van der Waals surface area contributed by atoms with E-state index in [0.717, 1.165) is 20.7 Å². The van der Waals surface area contributed by atoms with Gasteiger partial charge in [-0.1, -0.05) is 17.4 Å². The third kappa shape index (κ3) is 4.60. The maximum atomic E-state index is 13.5. The van der Waals surface area contributed by atoms with Gasteiger partial charge in [0.25, 0.3) is 5.91 Å². The number of esters is 1. The van der Waals surface area contributed by atoms with E-state index in [2.05, 4.69) is 11.1 Å². The molecular weight excluding hydrogens is 430 g/mol. The molecule has 2 aromatic heterocycles. The van der Waals surface area contributed by atoms with Crippen molar-refractivity contribution in [2.75, 3.05) is 18.3 Å². The van der Waals surface area contributed by atoms with Gasteiger partial charge in [-0.25, -0.2) is 9.78 Å². The molecule has 0 aliphatic carbocycles. The average molecular weight is 450 g/mol. The standard InChI is InChI=1S/C23H19N3O3S2/c1-29-22(28)17-7-5-16(6-8-17)21(27)26(14-15-4-3-11-24-13-15)23-25-19-10-9-18(30-2)12-20(19)31-23/h3-13H,14H2,1-2H3. The number of thiazole rings is 1. The number of aromatic nitrogens is 2. The third-order valence-electron chi connectivity index (χ3n) is 4.68. The molecule has 0 fully saturated rings. The Bertz CT molecular complexity index is 1220. The number of hydrogen-bond donors (Lipinski definition) is 0. The second-order valence-electron chi connectivity index (χ2n) is 6.65. The molecule has 6 nitrogen and oxygen atoms in total. The van der Waals surface area contributed by atoms with Crippen LogP contribution < -0.4 is 4.90 Å². The minimum absolute atomic E-state index is 0.204. The predicted molar refractivity (Wildman–Crippen MR) is 124 cm³/mol. The number of benzene rings is 2. The van der Waals surface area contributed by atoms with E-state index >= 15 is 0 Å². The molecule has 156 valence electrons. The summed E-state index contributed by atoms with van der Waals surface area (Å²) in [5.41, 5.74) is 2.59. The zero-order chi connectivity index (χ0) is 21.8. The Hall–Kier alpha value is -3.23. The van der Waals surface area contributed by atoms with Crippen LogP contribution in [0.3, 0.4) is 0 Å². The zero-order valence-corrected chi connectivity index (χ0v) is 18.6. The second kappa shape index (κ2) is 9.28. The van der Waals surface area contributed by atoms with Gasteiger partial charge in [0.2, 0.25) is 0 Å². The summed E-state index contributed by atoms with van der Waals surface area (Å²) in [4.78, 5) is 36.8. The van der Waals surface area contributed by atoms with Crippen molar-refractivity contribution >= 4 is 50.3 Å². The number of carbonyl (C=O) groups excluding carboxylic acids is 2. The lowest BCUT2D eigenvalue weighted by molar-refractivity contribution is 0.0600. The van der Waals surface area contributed by atoms with Gasteiger partial charge in [-0.3, -0.25) is 14.7 Å². The number of thioether (sulfide) groups is 1. The smallest absolute Gasteiger partial charge is 0.337 e. The Morgan fingerprint density at radius 1 is 1.10 bits per heavy atom. The maximum Gasteiger partial charge on any atom is 0.337 e. The van der Waals surface area contributed by atoms with Crippen LogP contribution in [0.1, 0.15) is 26.3 Å². The number of ether oxygens (including phenoxy) is 1. The third-order valence-corrected chi connectivity index (χ3v) is 6.44. The highest BCUT2D eigenvalue weighted by atomic mass is 32.2. The largest absolute Gasteiger partial charge is 0.465 e. The van der Waals surface area contributed by atoms with E-state index in [0.29, 0.717) is 22.8 Å². The summed E-state index contributed by atoms with van der Waals surface area (Å²) in [6.07, 6.45) is 5.46. The molecule has 0 N–H and O–H groups in total. The molecule has 31 heavy (non-hydrogen) atoms.